The standard InChI is InChI=1S/C15H17ClN2O/c1-4-9(2)17-15(19)13-8-11-7-12(16)5-6-14(11)18-10(13)3/h5-9H,4H2,1-3H3,(H,17,19). The lowest BCUT2D eigenvalue weighted by Gasteiger charge is -2.13. The quantitative estimate of drug-likeness (QED) is 0.928. The van der Waals surface area contributed by atoms with Crippen LogP contribution in [0.25, 0.3) is 10.9 Å². The van der Waals surface area contributed by atoms with Crippen LogP contribution in [0.3, 0.4) is 0 Å². The van der Waals surface area contributed by atoms with Gasteiger partial charge in [-0.25, -0.2) is 0 Å². The van der Waals surface area contributed by atoms with Crippen molar-refractivity contribution < 1.29 is 4.79 Å². The monoisotopic (exact) mass is 276 g/mol. The first-order chi connectivity index (χ1) is 9.01. The maximum atomic E-state index is 12.2. The maximum Gasteiger partial charge on any atom is 0.253 e. The number of aryl methyl sites for hydroxylation is 1. The van der Waals surface area contributed by atoms with Crippen LogP contribution in [0.2, 0.25) is 5.02 Å². The summed E-state index contributed by atoms with van der Waals surface area (Å²) in [5.41, 5.74) is 2.19. The minimum atomic E-state index is -0.0822. The Bertz CT molecular complexity index is 625. The molecule has 0 saturated heterocycles. The molecular formula is C15H17ClN2O. The molecule has 0 aliphatic heterocycles. The lowest BCUT2D eigenvalue weighted by atomic mass is 10.1. The number of halogens is 1. The molecule has 1 aromatic carbocycles. The van der Waals surface area contributed by atoms with E-state index in [1.165, 1.54) is 0 Å². The molecule has 1 atom stereocenters. The maximum absolute atomic E-state index is 12.2. The summed E-state index contributed by atoms with van der Waals surface area (Å²) in [6.45, 7) is 5.87. The van der Waals surface area contributed by atoms with E-state index < -0.39 is 0 Å². The third kappa shape index (κ3) is 3.04. The molecule has 0 aliphatic rings. The Kier molecular flexibility index (Phi) is 4.05. The molecule has 100 valence electrons. The Morgan fingerprint density at radius 1 is 1.42 bits per heavy atom. The second-order valence-corrected chi connectivity index (χ2v) is 5.18. The van der Waals surface area contributed by atoms with Gasteiger partial charge in [-0.15, -0.1) is 0 Å². The number of carbonyl (C=O) groups is 1. The highest BCUT2D eigenvalue weighted by Gasteiger charge is 2.13. The van der Waals surface area contributed by atoms with Gasteiger partial charge in [-0.1, -0.05) is 18.5 Å². The number of amides is 1. The summed E-state index contributed by atoms with van der Waals surface area (Å²) in [4.78, 5) is 16.6. The van der Waals surface area contributed by atoms with Gasteiger partial charge in [0.1, 0.15) is 0 Å². The summed E-state index contributed by atoms with van der Waals surface area (Å²) >= 11 is 5.97. The van der Waals surface area contributed by atoms with Crippen molar-refractivity contribution in [3.63, 3.8) is 0 Å². The fourth-order valence-corrected chi connectivity index (χ4v) is 2.06. The zero-order valence-electron chi connectivity index (χ0n) is 11.3. The van der Waals surface area contributed by atoms with Gasteiger partial charge in [0.25, 0.3) is 5.91 Å². The van der Waals surface area contributed by atoms with E-state index in [-0.39, 0.29) is 11.9 Å². The molecule has 2 rings (SSSR count). The van der Waals surface area contributed by atoms with Crippen molar-refractivity contribution in [2.75, 3.05) is 0 Å². The number of hydrogen-bond donors (Lipinski definition) is 1. The fraction of sp³-hybridized carbons (Fsp3) is 0.333. The van der Waals surface area contributed by atoms with Crippen molar-refractivity contribution in [2.45, 2.75) is 33.2 Å². The summed E-state index contributed by atoms with van der Waals surface area (Å²) in [7, 11) is 0. The van der Waals surface area contributed by atoms with Crippen molar-refractivity contribution in [1.29, 1.82) is 0 Å². The normalized spacial score (nSPS) is 12.4. The number of nitrogens with zero attached hydrogens (tertiary/aromatic N) is 1. The number of nitrogens with one attached hydrogen (secondary N) is 1. The van der Waals surface area contributed by atoms with Crippen molar-refractivity contribution in [3.8, 4) is 0 Å². The molecule has 0 radical (unpaired) electrons. The molecule has 0 spiro atoms. The molecule has 1 heterocycles. The van der Waals surface area contributed by atoms with E-state index in [9.17, 15) is 4.79 Å². The number of benzene rings is 1. The fourth-order valence-electron chi connectivity index (χ4n) is 1.88. The van der Waals surface area contributed by atoms with Crippen LogP contribution in [-0.2, 0) is 0 Å². The Hall–Kier alpha value is -1.61. The first kappa shape index (κ1) is 13.8. The number of pyridine rings is 1. The Morgan fingerprint density at radius 2 is 2.16 bits per heavy atom. The first-order valence-electron chi connectivity index (χ1n) is 6.39. The van der Waals surface area contributed by atoms with Crippen LogP contribution < -0.4 is 5.32 Å². The van der Waals surface area contributed by atoms with Crippen LogP contribution in [0.4, 0.5) is 0 Å². The highest BCUT2D eigenvalue weighted by molar-refractivity contribution is 6.31. The van der Waals surface area contributed by atoms with Gasteiger partial charge in [0, 0.05) is 16.5 Å². The molecule has 0 saturated carbocycles. The third-order valence-corrected chi connectivity index (χ3v) is 3.44. The molecule has 1 amide bonds. The summed E-state index contributed by atoms with van der Waals surface area (Å²) in [5, 5.41) is 4.48. The van der Waals surface area contributed by atoms with E-state index in [0.717, 1.165) is 23.0 Å². The molecule has 0 bridgehead atoms. The molecule has 4 heteroatoms. The minimum Gasteiger partial charge on any atom is -0.350 e. The summed E-state index contributed by atoms with van der Waals surface area (Å²) in [6, 6.07) is 7.49. The van der Waals surface area contributed by atoms with Crippen LogP contribution in [-0.4, -0.2) is 16.9 Å². The number of rotatable bonds is 3. The van der Waals surface area contributed by atoms with Gasteiger partial charge in [-0.3, -0.25) is 9.78 Å². The Balaban J connectivity index is 2.42. The topological polar surface area (TPSA) is 42.0 Å². The van der Waals surface area contributed by atoms with E-state index >= 15 is 0 Å². The van der Waals surface area contributed by atoms with Crippen LogP contribution >= 0.6 is 11.6 Å². The van der Waals surface area contributed by atoms with Crippen molar-refractivity contribution in [3.05, 3.63) is 40.5 Å². The van der Waals surface area contributed by atoms with E-state index in [1.54, 1.807) is 6.07 Å². The average Bonchev–Trinajstić information content (AvgIpc) is 2.38. The van der Waals surface area contributed by atoms with E-state index in [0.29, 0.717) is 10.6 Å². The van der Waals surface area contributed by atoms with Gasteiger partial charge >= 0.3 is 0 Å². The molecule has 1 aromatic heterocycles. The van der Waals surface area contributed by atoms with Crippen LogP contribution in [0.5, 0.6) is 0 Å². The van der Waals surface area contributed by atoms with E-state index in [1.807, 2.05) is 39.0 Å². The molecule has 2 aromatic rings. The van der Waals surface area contributed by atoms with Crippen LogP contribution in [0.1, 0.15) is 36.3 Å². The van der Waals surface area contributed by atoms with Crippen LogP contribution in [0, 0.1) is 6.92 Å². The number of carbonyl (C=O) groups excluding carboxylic acids is 1. The van der Waals surface area contributed by atoms with E-state index in [2.05, 4.69) is 10.3 Å². The predicted molar refractivity (Wildman–Crippen MR) is 78.7 cm³/mol. The van der Waals surface area contributed by atoms with Gasteiger partial charge in [0.15, 0.2) is 0 Å². The third-order valence-electron chi connectivity index (χ3n) is 3.20. The second kappa shape index (κ2) is 5.57. The smallest absolute Gasteiger partial charge is 0.253 e. The molecule has 0 aliphatic carbocycles. The molecular weight excluding hydrogens is 260 g/mol. The number of fused-ring (bicyclic) bond motifs is 1. The highest BCUT2D eigenvalue weighted by Crippen LogP contribution is 2.20. The van der Waals surface area contributed by atoms with Gasteiger partial charge < -0.3 is 5.32 Å². The second-order valence-electron chi connectivity index (χ2n) is 4.74. The lowest BCUT2D eigenvalue weighted by Crippen LogP contribution is -2.32. The first-order valence-corrected chi connectivity index (χ1v) is 6.77. The SMILES string of the molecule is CCC(C)NC(=O)c1cc2cc(Cl)ccc2nc1C. The Labute approximate surface area is 118 Å². The van der Waals surface area contributed by atoms with E-state index in [4.69, 9.17) is 11.6 Å². The van der Waals surface area contributed by atoms with Crippen molar-refractivity contribution in [2.24, 2.45) is 0 Å². The summed E-state index contributed by atoms with van der Waals surface area (Å²) in [6.07, 6.45) is 0.900. The minimum absolute atomic E-state index is 0.0822. The molecule has 1 N–H and O–H groups in total. The number of aromatic nitrogens is 1. The van der Waals surface area contributed by atoms with Gasteiger partial charge in [-0.05, 0) is 44.5 Å². The molecule has 19 heavy (non-hydrogen) atoms. The average molecular weight is 277 g/mol. The molecule has 3 nitrogen and oxygen atoms in total. The Morgan fingerprint density at radius 3 is 2.84 bits per heavy atom. The van der Waals surface area contributed by atoms with Gasteiger partial charge in [-0.2, -0.15) is 0 Å². The van der Waals surface area contributed by atoms with Crippen molar-refractivity contribution in [1.82, 2.24) is 10.3 Å². The molecule has 0 fully saturated rings. The molecule has 1 unspecified atom stereocenters. The summed E-state index contributed by atoms with van der Waals surface area (Å²) < 4.78 is 0. The zero-order chi connectivity index (χ0) is 14.0. The predicted octanol–water partition coefficient (Wildman–Crippen LogP) is 3.72. The highest BCUT2D eigenvalue weighted by atomic mass is 35.5. The number of hydrogen-bond acceptors (Lipinski definition) is 2. The van der Waals surface area contributed by atoms with Gasteiger partial charge in [0.2, 0.25) is 0 Å². The van der Waals surface area contributed by atoms with Crippen LogP contribution in [0.15, 0.2) is 24.3 Å². The zero-order valence-corrected chi connectivity index (χ0v) is 12.1. The summed E-state index contributed by atoms with van der Waals surface area (Å²) in [5.74, 6) is -0.0822. The van der Waals surface area contributed by atoms with Gasteiger partial charge in [0.05, 0.1) is 16.8 Å². The lowest BCUT2D eigenvalue weighted by molar-refractivity contribution is 0.0938. The van der Waals surface area contributed by atoms with Crippen molar-refractivity contribution >= 4 is 28.4 Å². The largest absolute Gasteiger partial charge is 0.350 e.